The lowest BCUT2D eigenvalue weighted by Crippen LogP contribution is -2.44. The van der Waals surface area contributed by atoms with Gasteiger partial charge in [0.15, 0.2) is 5.17 Å². The zero-order valence-electron chi connectivity index (χ0n) is 10.7. The van der Waals surface area contributed by atoms with Crippen LogP contribution in [0, 0.1) is 0 Å². The predicted octanol–water partition coefficient (Wildman–Crippen LogP) is 0.138. The largest absolute Gasteiger partial charge is 0.549 e. The molecule has 1 heterocycles. The van der Waals surface area contributed by atoms with Crippen LogP contribution >= 0.6 is 11.8 Å². The summed E-state index contributed by atoms with van der Waals surface area (Å²) in [6.45, 7) is 1.78. The van der Waals surface area contributed by atoms with Gasteiger partial charge in [-0.2, -0.15) is 5.10 Å². The molecule has 0 unspecified atom stereocenters. The summed E-state index contributed by atoms with van der Waals surface area (Å²) in [5.41, 5.74) is 1.57. The monoisotopic (exact) mass is 290 g/mol. The van der Waals surface area contributed by atoms with Gasteiger partial charge in [0.05, 0.1) is 16.9 Å². The Morgan fingerprint density at radius 1 is 1.40 bits per heavy atom. The summed E-state index contributed by atoms with van der Waals surface area (Å²) in [5.74, 6) is -1.68. The molecule has 0 radical (unpaired) electrons. The number of aliphatic carboxylic acids is 1. The first kappa shape index (κ1) is 14.3. The average molecular weight is 290 g/mol. The van der Waals surface area contributed by atoms with Crippen LogP contribution in [0.3, 0.4) is 0 Å². The van der Waals surface area contributed by atoms with Gasteiger partial charge in [0, 0.05) is 6.42 Å². The maximum absolute atomic E-state index is 11.4. The average Bonchev–Trinajstić information content (AvgIpc) is 2.45. The van der Waals surface area contributed by atoms with Crippen molar-refractivity contribution in [2.45, 2.75) is 18.6 Å². The molecule has 0 aromatic heterocycles. The van der Waals surface area contributed by atoms with Crippen LogP contribution in [0.1, 0.15) is 18.9 Å². The molecule has 0 spiro atoms. The van der Waals surface area contributed by atoms with E-state index < -0.39 is 17.1 Å². The second-order valence-corrected chi connectivity index (χ2v) is 5.33. The molecule has 1 N–H and O–H groups in total. The van der Waals surface area contributed by atoms with Gasteiger partial charge in [-0.15, -0.1) is 5.10 Å². The van der Waals surface area contributed by atoms with Gasteiger partial charge >= 0.3 is 0 Å². The van der Waals surface area contributed by atoms with Crippen LogP contribution in [0.4, 0.5) is 0 Å². The fourth-order valence-electron chi connectivity index (χ4n) is 1.58. The number of hydrogen-bond donors (Lipinski definition) is 1. The summed E-state index contributed by atoms with van der Waals surface area (Å²) in [6.07, 6.45) is -0.118. The molecule has 0 bridgehead atoms. The predicted molar refractivity (Wildman–Crippen MR) is 75.2 cm³/mol. The number of hydrogen-bond acceptors (Lipinski definition) is 6. The number of benzene rings is 1. The zero-order chi connectivity index (χ0) is 14.5. The van der Waals surface area contributed by atoms with Gasteiger partial charge in [-0.1, -0.05) is 42.1 Å². The van der Waals surface area contributed by atoms with E-state index >= 15 is 0 Å². The number of amidine groups is 1. The number of carbonyl (C=O) groups excluding carboxylic acids is 2. The molecule has 7 heteroatoms. The third kappa shape index (κ3) is 3.67. The molecule has 0 aliphatic carbocycles. The van der Waals surface area contributed by atoms with Crippen molar-refractivity contribution >= 4 is 34.5 Å². The van der Waals surface area contributed by atoms with Crippen molar-refractivity contribution in [3.05, 3.63) is 35.9 Å². The first-order chi connectivity index (χ1) is 9.56. The minimum Gasteiger partial charge on any atom is -0.549 e. The van der Waals surface area contributed by atoms with Crippen molar-refractivity contribution < 1.29 is 14.7 Å². The highest BCUT2D eigenvalue weighted by Crippen LogP contribution is 2.20. The molecule has 1 fully saturated rings. The summed E-state index contributed by atoms with van der Waals surface area (Å²) in [6, 6.07) is 9.42. The van der Waals surface area contributed by atoms with E-state index in [1.165, 1.54) is 0 Å². The molecule has 1 aliphatic heterocycles. The summed E-state index contributed by atoms with van der Waals surface area (Å²) in [7, 11) is 0. The normalized spacial score (nSPS) is 21.6. The fraction of sp³-hybridized carbons (Fsp3) is 0.231. The Hall–Kier alpha value is -2.15. The van der Waals surface area contributed by atoms with Crippen molar-refractivity contribution in [3.63, 3.8) is 0 Å². The second-order valence-electron chi connectivity index (χ2n) is 4.13. The number of carboxylic acids is 1. The molecular weight excluding hydrogens is 278 g/mol. The van der Waals surface area contributed by atoms with Crippen LogP contribution in [0.15, 0.2) is 40.5 Å². The van der Waals surface area contributed by atoms with E-state index in [0.29, 0.717) is 5.71 Å². The van der Waals surface area contributed by atoms with Crippen LogP contribution in [0.25, 0.3) is 0 Å². The molecule has 1 atom stereocenters. The van der Waals surface area contributed by atoms with Gasteiger partial charge in [0.2, 0.25) is 5.91 Å². The minimum absolute atomic E-state index is 0.118. The summed E-state index contributed by atoms with van der Waals surface area (Å²) in [5, 5.41) is 20.4. The summed E-state index contributed by atoms with van der Waals surface area (Å²) >= 11 is 0.929. The third-order valence-corrected chi connectivity index (χ3v) is 3.67. The Morgan fingerprint density at radius 3 is 2.75 bits per heavy atom. The van der Waals surface area contributed by atoms with Gasteiger partial charge < -0.3 is 15.2 Å². The molecular formula is C13H12N3O3S-. The zero-order valence-corrected chi connectivity index (χ0v) is 11.5. The van der Waals surface area contributed by atoms with Gasteiger partial charge in [-0.25, -0.2) is 0 Å². The standard InChI is InChI=1S/C13H13N3O3S/c1-8(9-5-3-2-4-6-9)15-16-13-14-11(17)7-10(20-13)12(18)19/h2-6,10H,7H2,1H3,(H,18,19)(H,14,16,17)/p-1/b15-8+/t10-/m1/s1. The van der Waals surface area contributed by atoms with Crippen molar-refractivity contribution in [2.75, 3.05) is 0 Å². The van der Waals surface area contributed by atoms with E-state index in [1.807, 2.05) is 30.3 Å². The number of nitrogens with zero attached hydrogens (tertiary/aromatic N) is 2. The smallest absolute Gasteiger partial charge is 0.227 e. The minimum atomic E-state index is -1.28. The fourth-order valence-corrected chi connectivity index (χ4v) is 2.44. The van der Waals surface area contributed by atoms with Gasteiger partial charge in [-0.3, -0.25) is 4.79 Å². The molecule has 20 heavy (non-hydrogen) atoms. The van der Waals surface area contributed by atoms with E-state index in [2.05, 4.69) is 15.5 Å². The highest BCUT2D eigenvalue weighted by molar-refractivity contribution is 8.15. The molecule has 1 saturated heterocycles. The van der Waals surface area contributed by atoms with Crippen molar-refractivity contribution in [3.8, 4) is 0 Å². The molecule has 1 aliphatic rings. The quantitative estimate of drug-likeness (QED) is 0.633. The second kappa shape index (κ2) is 6.33. The van der Waals surface area contributed by atoms with Gasteiger partial charge in [0.1, 0.15) is 0 Å². The Bertz CT molecular complexity index is 584. The lowest BCUT2D eigenvalue weighted by atomic mass is 10.1. The molecule has 1 aromatic carbocycles. The van der Waals surface area contributed by atoms with Crippen LogP contribution in [0.2, 0.25) is 0 Å². The highest BCUT2D eigenvalue weighted by atomic mass is 32.2. The Kier molecular flexibility index (Phi) is 4.52. The lowest BCUT2D eigenvalue weighted by molar-refractivity contribution is -0.304. The van der Waals surface area contributed by atoms with E-state index in [4.69, 9.17) is 0 Å². The number of carboxylic acid groups (broad SMARTS) is 1. The third-order valence-electron chi connectivity index (χ3n) is 2.62. The Morgan fingerprint density at radius 2 is 2.10 bits per heavy atom. The molecule has 6 nitrogen and oxygen atoms in total. The van der Waals surface area contributed by atoms with E-state index in [-0.39, 0.29) is 11.6 Å². The van der Waals surface area contributed by atoms with E-state index in [9.17, 15) is 14.7 Å². The topological polar surface area (TPSA) is 94.0 Å². The first-order valence-corrected chi connectivity index (χ1v) is 6.79. The number of thioether (sulfide) groups is 1. The van der Waals surface area contributed by atoms with Gasteiger partial charge in [0.25, 0.3) is 0 Å². The van der Waals surface area contributed by atoms with E-state index in [0.717, 1.165) is 17.3 Å². The SMILES string of the molecule is C/C(=N\N=C1/NC(=O)C[C@H](C(=O)[O-])S1)c1ccccc1. The Balaban J connectivity index is 2.14. The van der Waals surface area contributed by atoms with Crippen molar-refractivity contribution in [2.24, 2.45) is 10.2 Å². The molecule has 104 valence electrons. The lowest BCUT2D eigenvalue weighted by Gasteiger charge is -2.22. The van der Waals surface area contributed by atoms with E-state index in [1.54, 1.807) is 6.92 Å². The van der Waals surface area contributed by atoms with Crippen LogP contribution in [-0.4, -0.2) is 28.0 Å². The van der Waals surface area contributed by atoms with Crippen LogP contribution in [-0.2, 0) is 9.59 Å². The number of rotatable bonds is 3. The summed E-state index contributed by atoms with van der Waals surface area (Å²) in [4.78, 5) is 22.2. The number of nitrogens with one attached hydrogen (secondary N) is 1. The maximum atomic E-state index is 11.4. The van der Waals surface area contributed by atoms with Crippen LogP contribution in [0.5, 0.6) is 0 Å². The summed E-state index contributed by atoms with van der Waals surface area (Å²) < 4.78 is 0. The van der Waals surface area contributed by atoms with Crippen molar-refractivity contribution in [1.82, 2.24) is 5.32 Å². The Labute approximate surface area is 120 Å². The van der Waals surface area contributed by atoms with Crippen molar-refractivity contribution in [1.29, 1.82) is 0 Å². The molecule has 0 saturated carbocycles. The maximum Gasteiger partial charge on any atom is 0.227 e. The molecule has 1 amide bonds. The number of carbonyl (C=O) groups is 2. The number of amides is 1. The molecule has 2 rings (SSSR count). The highest BCUT2D eigenvalue weighted by Gasteiger charge is 2.25. The molecule has 1 aromatic rings. The van der Waals surface area contributed by atoms with Crippen LogP contribution < -0.4 is 10.4 Å². The first-order valence-electron chi connectivity index (χ1n) is 5.91. The van der Waals surface area contributed by atoms with Gasteiger partial charge in [-0.05, 0) is 12.5 Å².